The molecule has 0 radical (unpaired) electrons. The normalized spacial score (nSPS) is 11.2. The smallest absolute Gasteiger partial charge is 0.304 e. The Balaban J connectivity index is 2.45. The highest BCUT2D eigenvalue weighted by molar-refractivity contribution is 8.76. The SMILES string of the molecule is CS(=O)(=O)c1cc(C(=O)NCCSSCCC(=O)O)ccc1Cl. The summed E-state index contributed by atoms with van der Waals surface area (Å²) < 4.78 is 23.1. The molecule has 0 fully saturated rings. The number of carbonyl (C=O) groups is 2. The Labute approximate surface area is 147 Å². The van der Waals surface area contributed by atoms with Crippen molar-refractivity contribution in [3.63, 3.8) is 0 Å². The first-order chi connectivity index (χ1) is 10.7. The third-order valence-electron chi connectivity index (χ3n) is 2.55. The van der Waals surface area contributed by atoms with E-state index in [1.54, 1.807) is 0 Å². The van der Waals surface area contributed by atoms with Gasteiger partial charge in [-0.2, -0.15) is 0 Å². The fourth-order valence-electron chi connectivity index (χ4n) is 1.48. The zero-order valence-corrected chi connectivity index (χ0v) is 15.4. The second-order valence-corrected chi connectivity index (χ2v) is 9.55. The predicted octanol–water partition coefficient (Wildman–Crippen LogP) is 2.33. The van der Waals surface area contributed by atoms with Gasteiger partial charge in [0.25, 0.3) is 5.91 Å². The van der Waals surface area contributed by atoms with Crippen molar-refractivity contribution in [2.75, 3.05) is 24.3 Å². The number of carbonyl (C=O) groups excluding carboxylic acids is 1. The molecule has 1 aromatic rings. The van der Waals surface area contributed by atoms with Gasteiger partial charge in [0.2, 0.25) is 0 Å². The topological polar surface area (TPSA) is 101 Å². The Morgan fingerprint density at radius 3 is 2.52 bits per heavy atom. The van der Waals surface area contributed by atoms with Crippen molar-refractivity contribution >= 4 is 54.9 Å². The second kappa shape index (κ2) is 9.41. The van der Waals surface area contributed by atoms with Gasteiger partial charge in [0.1, 0.15) is 0 Å². The van der Waals surface area contributed by atoms with Crippen LogP contribution in [-0.2, 0) is 14.6 Å². The van der Waals surface area contributed by atoms with Gasteiger partial charge in [0, 0.05) is 29.9 Å². The van der Waals surface area contributed by atoms with Gasteiger partial charge in [-0.1, -0.05) is 33.2 Å². The Morgan fingerprint density at radius 1 is 1.26 bits per heavy atom. The molecule has 0 aliphatic heterocycles. The molecule has 2 N–H and O–H groups in total. The van der Waals surface area contributed by atoms with Crippen LogP contribution in [0.3, 0.4) is 0 Å². The number of aliphatic carboxylic acids is 1. The summed E-state index contributed by atoms with van der Waals surface area (Å²) in [4.78, 5) is 22.2. The summed E-state index contributed by atoms with van der Waals surface area (Å²) >= 11 is 5.82. The number of carboxylic acids is 1. The molecule has 0 aromatic heterocycles. The van der Waals surface area contributed by atoms with Gasteiger partial charge in [0.05, 0.1) is 16.3 Å². The Morgan fingerprint density at radius 2 is 1.91 bits per heavy atom. The maximum Gasteiger partial charge on any atom is 0.304 e. The zero-order chi connectivity index (χ0) is 17.5. The van der Waals surface area contributed by atoms with Crippen LogP contribution in [0, 0.1) is 0 Å². The predicted molar refractivity (Wildman–Crippen MR) is 94.1 cm³/mol. The molecular formula is C13H16ClNO5S3. The Kier molecular flexibility index (Phi) is 8.24. The van der Waals surface area contributed by atoms with Crippen LogP contribution in [0.4, 0.5) is 0 Å². The zero-order valence-electron chi connectivity index (χ0n) is 12.2. The first-order valence-corrected chi connectivity index (χ1v) is 11.2. The molecule has 0 unspecified atom stereocenters. The van der Waals surface area contributed by atoms with Crippen LogP contribution in [-0.4, -0.2) is 49.7 Å². The third kappa shape index (κ3) is 7.47. The lowest BCUT2D eigenvalue weighted by molar-refractivity contribution is -0.136. The number of sulfone groups is 1. The molecule has 1 rings (SSSR count). The minimum absolute atomic E-state index is 0.0782. The van der Waals surface area contributed by atoms with E-state index in [0.29, 0.717) is 18.1 Å². The maximum absolute atomic E-state index is 12.0. The average Bonchev–Trinajstić information content (AvgIpc) is 2.45. The lowest BCUT2D eigenvalue weighted by Crippen LogP contribution is -2.25. The van der Waals surface area contributed by atoms with Gasteiger partial charge >= 0.3 is 5.97 Å². The summed E-state index contributed by atoms with van der Waals surface area (Å²) in [5.41, 5.74) is 0.221. The molecule has 6 nitrogen and oxygen atoms in total. The molecule has 10 heteroatoms. The summed E-state index contributed by atoms with van der Waals surface area (Å²) in [6, 6.07) is 4.09. The molecule has 128 valence electrons. The van der Waals surface area contributed by atoms with E-state index in [2.05, 4.69) is 5.32 Å². The van der Waals surface area contributed by atoms with Gasteiger partial charge in [-0.15, -0.1) is 0 Å². The number of amides is 1. The number of hydrogen-bond acceptors (Lipinski definition) is 6. The van der Waals surface area contributed by atoms with Gasteiger partial charge < -0.3 is 10.4 Å². The highest BCUT2D eigenvalue weighted by Gasteiger charge is 2.15. The summed E-state index contributed by atoms with van der Waals surface area (Å²) in [6.07, 6.45) is 1.13. The van der Waals surface area contributed by atoms with E-state index in [4.69, 9.17) is 16.7 Å². The van der Waals surface area contributed by atoms with Crippen molar-refractivity contribution in [2.24, 2.45) is 0 Å². The van der Waals surface area contributed by atoms with Crippen LogP contribution < -0.4 is 5.32 Å². The van der Waals surface area contributed by atoms with Crippen LogP contribution in [0.1, 0.15) is 16.8 Å². The van der Waals surface area contributed by atoms with Crippen molar-refractivity contribution in [3.05, 3.63) is 28.8 Å². The van der Waals surface area contributed by atoms with Crippen LogP contribution in [0.5, 0.6) is 0 Å². The maximum atomic E-state index is 12.0. The average molecular weight is 398 g/mol. The van der Waals surface area contributed by atoms with Gasteiger partial charge in [0.15, 0.2) is 9.84 Å². The number of benzene rings is 1. The fourth-order valence-corrected chi connectivity index (χ4v) is 4.67. The van der Waals surface area contributed by atoms with Crippen LogP contribution in [0.15, 0.2) is 23.1 Å². The first-order valence-electron chi connectivity index (χ1n) is 6.46. The minimum atomic E-state index is -3.50. The molecule has 0 bridgehead atoms. The fraction of sp³-hybridized carbons (Fsp3) is 0.385. The van der Waals surface area contributed by atoms with Gasteiger partial charge in [-0.05, 0) is 18.2 Å². The lowest BCUT2D eigenvalue weighted by atomic mass is 10.2. The van der Waals surface area contributed by atoms with E-state index in [0.717, 1.165) is 6.26 Å². The second-order valence-electron chi connectivity index (χ2n) is 4.46. The highest BCUT2D eigenvalue weighted by Crippen LogP contribution is 2.23. The highest BCUT2D eigenvalue weighted by atomic mass is 35.5. The van der Waals surface area contributed by atoms with Crippen LogP contribution in [0.25, 0.3) is 0 Å². The van der Waals surface area contributed by atoms with E-state index in [9.17, 15) is 18.0 Å². The summed E-state index contributed by atoms with van der Waals surface area (Å²) in [6.45, 7) is 0.389. The monoisotopic (exact) mass is 397 g/mol. The molecule has 1 aromatic carbocycles. The van der Waals surface area contributed by atoms with Crippen molar-refractivity contribution in [1.82, 2.24) is 5.32 Å². The lowest BCUT2D eigenvalue weighted by Gasteiger charge is -2.07. The molecule has 0 saturated carbocycles. The summed E-state index contributed by atoms with van der Waals surface area (Å²) in [7, 11) is -0.611. The quantitative estimate of drug-likeness (QED) is 0.487. The van der Waals surface area contributed by atoms with Gasteiger partial charge in [-0.25, -0.2) is 8.42 Å². The van der Waals surface area contributed by atoms with E-state index >= 15 is 0 Å². The molecule has 0 atom stereocenters. The third-order valence-corrected chi connectivity index (χ3v) is 6.53. The van der Waals surface area contributed by atoms with Crippen molar-refractivity contribution in [3.8, 4) is 0 Å². The molecule has 0 spiro atoms. The minimum Gasteiger partial charge on any atom is -0.481 e. The standard InChI is InChI=1S/C13H16ClNO5S3/c1-23(19,20)11-8-9(2-3-10(11)14)13(18)15-5-7-22-21-6-4-12(16)17/h2-3,8H,4-7H2,1H3,(H,15,18)(H,16,17). The summed E-state index contributed by atoms with van der Waals surface area (Å²) in [5, 5.41) is 11.2. The number of nitrogens with one attached hydrogen (secondary N) is 1. The Bertz CT molecular complexity index is 678. The van der Waals surface area contributed by atoms with E-state index in [1.807, 2.05) is 0 Å². The number of hydrogen-bond donors (Lipinski definition) is 2. The molecule has 0 saturated heterocycles. The number of carboxylic acid groups (broad SMARTS) is 1. The molecular weight excluding hydrogens is 382 g/mol. The van der Waals surface area contributed by atoms with Gasteiger partial charge in [-0.3, -0.25) is 9.59 Å². The molecule has 1 amide bonds. The molecule has 0 heterocycles. The van der Waals surface area contributed by atoms with Crippen LogP contribution >= 0.6 is 33.2 Å². The summed E-state index contributed by atoms with van der Waals surface area (Å²) in [5.74, 6) is -0.107. The Hall–Kier alpha value is -0.900. The molecule has 0 aliphatic carbocycles. The van der Waals surface area contributed by atoms with E-state index < -0.39 is 15.8 Å². The van der Waals surface area contributed by atoms with E-state index in [-0.39, 0.29) is 27.8 Å². The van der Waals surface area contributed by atoms with Crippen LogP contribution in [0.2, 0.25) is 5.02 Å². The molecule has 0 aliphatic rings. The van der Waals surface area contributed by atoms with E-state index in [1.165, 1.54) is 39.8 Å². The van der Waals surface area contributed by atoms with Crippen molar-refractivity contribution in [1.29, 1.82) is 0 Å². The first kappa shape index (κ1) is 20.1. The molecule has 23 heavy (non-hydrogen) atoms. The largest absolute Gasteiger partial charge is 0.481 e. The number of rotatable bonds is 9. The van der Waals surface area contributed by atoms with Crippen molar-refractivity contribution < 1.29 is 23.1 Å². The number of halogens is 1. The van der Waals surface area contributed by atoms with Crippen molar-refractivity contribution in [2.45, 2.75) is 11.3 Å².